The lowest BCUT2D eigenvalue weighted by molar-refractivity contribution is -0.0813. The summed E-state index contributed by atoms with van der Waals surface area (Å²) in [4.78, 5) is 0. The maximum atomic E-state index is 9.33. The number of hydroxylamine groups is 2. The molecule has 6 nitrogen and oxygen atoms in total. The summed E-state index contributed by atoms with van der Waals surface area (Å²) >= 11 is 0. The van der Waals surface area contributed by atoms with E-state index in [0.717, 1.165) is 20.2 Å². The molecule has 2 N–H and O–H groups in total. The molecule has 0 saturated heterocycles. The molecule has 7 heteroatoms. The second kappa shape index (κ2) is 7.44. The van der Waals surface area contributed by atoms with Gasteiger partial charge in [0.1, 0.15) is 0 Å². The van der Waals surface area contributed by atoms with Crippen molar-refractivity contribution in [3.05, 3.63) is 0 Å². The van der Waals surface area contributed by atoms with E-state index in [4.69, 9.17) is 9.76 Å². The van der Waals surface area contributed by atoms with E-state index in [9.17, 15) is 8.42 Å². The van der Waals surface area contributed by atoms with Crippen LogP contribution in [0.3, 0.4) is 0 Å². The fourth-order valence-corrected chi connectivity index (χ4v) is 0.224. The van der Waals surface area contributed by atoms with Gasteiger partial charge in [-0.05, 0) is 0 Å². The van der Waals surface area contributed by atoms with Crippen LogP contribution in [0, 0.1) is 0 Å². The molecule has 0 radical (unpaired) electrons. The van der Waals surface area contributed by atoms with Crippen LogP contribution in [0.2, 0.25) is 0 Å². The van der Waals surface area contributed by atoms with Crippen LogP contribution in [0.4, 0.5) is 0 Å². The van der Waals surface area contributed by atoms with Crippen LogP contribution in [0.5, 0.6) is 0 Å². The summed E-state index contributed by atoms with van der Waals surface area (Å²) in [5, 5.41) is 9.75. The quantitative estimate of drug-likeness (QED) is 0.499. The van der Waals surface area contributed by atoms with E-state index >= 15 is 0 Å². The third-order valence-corrected chi connectivity index (χ3v) is 1.36. The maximum absolute atomic E-state index is 9.33. The van der Waals surface area contributed by atoms with Crippen molar-refractivity contribution in [2.45, 2.75) is 13.8 Å². The Hall–Kier alpha value is -0.210. The van der Waals surface area contributed by atoms with Gasteiger partial charge in [-0.2, -0.15) is 13.5 Å². The van der Waals surface area contributed by atoms with Crippen molar-refractivity contribution < 1.29 is 22.4 Å². The smallest absolute Gasteiger partial charge is 0.314 e. The van der Waals surface area contributed by atoms with Crippen molar-refractivity contribution in [1.82, 2.24) is 5.06 Å². The molecule has 0 atom stereocenters. The summed E-state index contributed by atoms with van der Waals surface area (Å²) in [6.45, 7) is 5.25. The largest absolute Gasteiger partial charge is 0.397 e. The van der Waals surface area contributed by atoms with Crippen molar-refractivity contribution in [3.8, 4) is 0 Å². The van der Waals surface area contributed by atoms with Gasteiger partial charge in [0.2, 0.25) is 0 Å². The standard InChI is InChI=1S/C4H11NO.CH4O4S/c1-3-5(6)4-2;1-5-6(2,3)4/h6H,3-4H2,1-2H3;1H3,(H,2,3,4). The Bertz CT molecular complexity index is 174. The predicted molar refractivity (Wildman–Crippen MR) is 43.3 cm³/mol. The normalized spacial score (nSPS) is 10.8. The van der Waals surface area contributed by atoms with Crippen LogP contribution in [0.15, 0.2) is 0 Å². The van der Waals surface area contributed by atoms with Gasteiger partial charge in [0.15, 0.2) is 0 Å². The highest BCUT2D eigenvalue weighted by Gasteiger charge is 1.94. The maximum Gasteiger partial charge on any atom is 0.397 e. The third kappa shape index (κ3) is 16.4. The molecule has 76 valence electrons. The molecule has 0 bridgehead atoms. The van der Waals surface area contributed by atoms with E-state index in [1.807, 2.05) is 13.8 Å². The van der Waals surface area contributed by atoms with Gasteiger partial charge in [0.25, 0.3) is 0 Å². The highest BCUT2D eigenvalue weighted by molar-refractivity contribution is 7.80. The Kier molecular flexibility index (Phi) is 8.88. The predicted octanol–water partition coefficient (Wildman–Crippen LogP) is 0.153. The first-order chi connectivity index (χ1) is 5.37. The minimum atomic E-state index is -4.16. The van der Waals surface area contributed by atoms with Crippen LogP contribution >= 0.6 is 0 Å². The Morgan fingerprint density at radius 3 is 1.58 bits per heavy atom. The summed E-state index contributed by atoms with van der Waals surface area (Å²) in [5.74, 6) is 0. The second-order valence-electron chi connectivity index (χ2n) is 1.73. The third-order valence-electron chi connectivity index (χ3n) is 0.941. The zero-order chi connectivity index (χ0) is 10.2. The van der Waals surface area contributed by atoms with Crippen molar-refractivity contribution >= 4 is 10.4 Å². The van der Waals surface area contributed by atoms with Gasteiger partial charge in [-0.3, -0.25) is 8.74 Å². The molecule has 0 spiro atoms. The number of hydrogen-bond donors (Lipinski definition) is 2. The van der Waals surface area contributed by atoms with Gasteiger partial charge in [0, 0.05) is 13.1 Å². The van der Waals surface area contributed by atoms with Gasteiger partial charge in [-0.1, -0.05) is 13.8 Å². The molecule has 0 aromatic carbocycles. The zero-order valence-corrected chi connectivity index (χ0v) is 8.21. The first-order valence-electron chi connectivity index (χ1n) is 3.34. The van der Waals surface area contributed by atoms with E-state index in [1.54, 1.807) is 0 Å². The molecule has 0 aliphatic carbocycles. The fourth-order valence-electron chi connectivity index (χ4n) is 0.224. The summed E-state index contributed by atoms with van der Waals surface area (Å²) in [6, 6.07) is 0. The summed E-state index contributed by atoms with van der Waals surface area (Å²) in [6.07, 6.45) is 0. The average Bonchev–Trinajstić information content (AvgIpc) is 2.03. The van der Waals surface area contributed by atoms with Gasteiger partial charge in [0.05, 0.1) is 7.11 Å². The number of nitrogens with zero attached hydrogens (tertiary/aromatic N) is 1. The average molecular weight is 201 g/mol. The van der Waals surface area contributed by atoms with Crippen LogP contribution < -0.4 is 0 Å². The van der Waals surface area contributed by atoms with E-state index in [0.29, 0.717) is 0 Å². The Morgan fingerprint density at radius 1 is 1.33 bits per heavy atom. The molecule has 12 heavy (non-hydrogen) atoms. The first kappa shape index (κ1) is 14.3. The fraction of sp³-hybridized carbons (Fsp3) is 1.00. The van der Waals surface area contributed by atoms with Crippen LogP contribution in [0.1, 0.15) is 13.8 Å². The zero-order valence-electron chi connectivity index (χ0n) is 7.39. The SMILES string of the molecule is CCN(O)CC.COS(=O)(=O)O. The molecule has 0 heterocycles. The van der Waals surface area contributed by atoms with Gasteiger partial charge >= 0.3 is 10.4 Å². The van der Waals surface area contributed by atoms with E-state index in [-0.39, 0.29) is 0 Å². The second-order valence-corrected chi connectivity index (χ2v) is 2.92. The van der Waals surface area contributed by atoms with Crippen molar-refractivity contribution in [3.63, 3.8) is 0 Å². The van der Waals surface area contributed by atoms with Crippen molar-refractivity contribution in [1.29, 1.82) is 0 Å². The number of hydrogen-bond acceptors (Lipinski definition) is 5. The van der Waals surface area contributed by atoms with Crippen molar-refractivity contribution in [2.24, 2.45) is 0 Å². The van der Waals surface area contributed by atoms with E-state index in [1.165, 1.54) is 5.06 Å². The van der Waals surface area contributed by atoms with Gasteiger partial charge < -0.3 is 5.21 Å². The van der Waals surface area contributed by atoms with E-state index < -0.39 is 10.4 Å². The lowest BCUT2D eigenvalue weighted by Gasteiger charge is -2.05. The molecule has 0 rings (SSSR count). The minimum Gasteiger partial charge on any atom is -0.314 e. The molecule has 0 fully saturated rings. The lowest BCUT2D eigenvalue weighted by atomic mass is 10.6. The molecule has 0 aromatic heterocycles. The van der Waals surface area contributed by atoms with Crippen LogP contribution in [-0.2, 0) is 14.6 Å². The van der Waals surface area contributed by atoms with Gasteiger partial charge in [-0.15, -0.1) is 0 Å². The molecule has 0 aliphatic heterocycles. The van der Waals surface area contributed by atoms with E-state index in [2.05, 4.69) is 4.18 Å². The topological polar surface area (TPSA) is 87.1 Å². The highest BCUT2D eigenvalue weighted by Crippen LogP contribution is 1.75. The Balaban J connectivity index is 0. The Morgan fingerprint density at radius 2 is 1.58 bits per heavy atom. The molecule has 0 aromatic rings. The number of rotatable bonds is 3. The van der Waals surface area contributed by atoms with Crippen LogP contribution in [0.25, 0.3) is 0 Å². The molecule has 0 amide bonds. The lowest BCUT2D eigenvalue weighted by Crippen LogP contribution is -2.16. The summed E-state index contributed by atoms with van der Waals surface area (Å²) in [7, 11) is -3.29. The van der Waals surface area contributed by atoms with Gasteiger partial charge in [-0.25, -0.2) is 0 Å². The van der Waals surface area contributed by atoms with Crippen LogP contribution in [-0.4, -0.2) is 43.4 Å². The summed E-state index contributed by atoms with van der Waals surface area (Å²) < 4.78 is 29.7. The highest BCUT2D eigenvalue weighted by atomic mass is 32.3. The first-order valence-corrected chi connectivity index (χ1v) is 4.70. The molecular weight excluding hydrogens is 186 g/mol. The van der Waals surface area contributed by atoms with Crippen molar-refractivity contribution in [2.75, 3.05) is 20.2 Å². The monoisotopic (exact) mass is 201 g/mol. The Labute approximate surface area is 72.7 Å². The molecule has 0 unspecified atom stereocenters. The molecule has 0 saturated carbocycles. The minimum absolute atomic E-state index is 0.719. The summed E-state index contributed by atoms with van der Waals surface area (Å²) in [5.41, 5.74) is 0. The molecular formula is C5H15NO5S. The molecule has 0 aliphatic rings.